The molecule has 158 valence electrons. The van der Waals surface area contributed by atoms with Crippen molar-refractivity contribution < 1.29 is 9.59 Å². The zero-order valence-electron chi connectivity index (χ0n) is 17.3. The summed E-state index contributed by atoms with van der Waals surface area (Å²) in [6.45, 7) is 3.53. The van der Waals surface area contributed by atoms with Crippen LogP contribution in [0.2, 0.25) is 0 Å². The van der Waals surface area contributed by atoms with Crippen LogP contribution >= 0.6 is 0 Å². The fourth-order valence-corrected chi connectivity index (χ4v) is 2.73. The summed E-state index contributed by atoms with van der Waals surface area (Å²) in [5, 5.41) is 20.0. The maximum absolute atomic E-state index is 11.9. The Morgan fingerprint density at radius 1 is 1.13 bits per heavy atom. The minimum atomic E-state index is -0.248. The van der Waals surface area contributed by atoms with E-state index in [9.17, 15) is 9.59 Å². The van der Waals surface area contributed by atoms with Crippen molar-refractivity contribution in [1.29, 1.82) is 5.26 Å². The number of carbonyl (C=O) groups excluding carboxylic acids is 2. The Balaban J connectivity index is 1.70. The number of pyridine rings is 2. The third-order valence-electron chi connectivity index (χ3n) is 4.31. The Labute approximate surface area is 176 Å². The molecule has 0 aliphatic rings. The van der Waals surface area contributed by atoms with Gasteiger partial charge in [-0.2, -0.15) is 5.26 Å². The average Bonchev–Trinajstić information content (AvgIpc) is 2.77. The van der Waals surface area contributed by atoms with Gasteiger partial charge in [0, 0.05) is 38.6 Å². The third kappa shape index (κ3) is 7.05. The highest BCUT2D eigenvalue weighted by atomic mass is 16.2. The smallest absolute Gasteiger partial charge is 0.315 e. The number of nitriles is 1. The zero-order valence-corrected chi connectivity index (χ0v) is 17.3. The van der Waals surface area contributed by atoms with Crippen molar-refractivity contribution in [1.82, 2.24) is 25.9 Å². The molecule has 0 atom stereocenters. The van der Waals surface area contributed by atoms with Gasteiger partial charge in [0.25, 0.3) is 5.91 Å². The normalized spacial score (nSPS) is 10.0. The highest BCUT2D eigenvalue weighted by Gasteiger charge is 2.11. The van der Waals surface area contributed by atoms with Gasteiger partial charge in [0.05, 0.1) is 5.56 Å². The number of unbranched alkanes of at least 4 members (excludes halogenated alkanes) is 1. The number of anilines is 1. The highest BCUT2D eigenvalue weighted by Crippen LogP contribution is 2.15. The van der Waals surface area contributed by atoms with Crippen molar-refractivity contribution in [2.75, 3.05) is 25.5 Å². The first-order valence-corrected chi connectivity index (χ1v) is 9.90. The number of nitrogens with zero attached hydrogens (tertiary/aromatic N) is 3. The minimum absolute atomic E-state index is 0.169. The molecule has 9 nitrogen and oxygen atoms in total. The topological polar surface area (TPSA) is 132 Å². The van der Waals surface area contributed by atoms with Gasteiger partial charge < -0.3 is 21.3 Å². The van der Waals surface area contributed by atoms with Crippen molar-refractivity contribution in [3.63, 3.8) is 0 Å². The summed E-state index contributed by atoms with van der Waals surface area (Å²) >= 11 is 0. The maximum atomic E-state index is 11.9. The first-order valence-electron chi connectivity index (χ1n) is 9.90. The second-order valence-corrected chi connectivity index (χ2v) is 6.54. The summed E-state index contributed by atoms with van der Waals surface area (Å²) in [5.74, 6) is 0.418. The lowest BCUT2D eigenvalue weighted by Crippen LogP contribution is -2.35. The summed E-state index contributed by atoms with van der Waals surface area (Å²) in [7, 11) is 1.59. The van der Waals surface area contributed by atoms with Crippen molar-refractivity contribution >= 4 is 17.8 Å². The van der Waals surface area contributed by atoms with E-state index in [4.69, 9.17) is 5.26 Å². The van der Waals surface area contributed by atoms with E-state index in [0.29, 0.717) is 36.7 Å². The van der Waals surface area contributed by atoms with E-state index < -0.39 is 0 Å². The lowest BCUT2D eigenvalue weighted by molar-refractivity contribution is 0.0963. The molecule has 0 saturated carbocycles. The molecule has 3 amide bonds. The predicted molar refractivity (Wildman–Crippen MR) is 114 cm³/mol. The molecule has 0 aliphatic carbocycles. The second kappa shape index (κ2) is 12.0. The van der Waals surface area contributed by atoms with Crippen LogP contribution in [-0.2, 0) is 13.0 Å². The molecule has 0 aliphatic heterocycles. The van der Waals surface area contributed by atoms with Crippen LogP contribution in [0.1, 0.15) is 47.1 Å². The van der Waals surface area contributed by atoms with Crippen LogP contribution in [0.3, 0.4) is 0 Å². The molecular weight excluding hydrogens is 382 g/mol. The molecule has 2 heterocycles. The summed E-state index contributed by atoms with van der Waals surface area (Å²) < 4.78 is 0. The summed E-state index contributed by atoms with van der Waals surface area (Å²) in [6.07, 6.45) is 3.99. The van der Waals surface area contributed by atoms with E-state index in [1.165, 1.54) is 0 Å². The Kier molecular flexibility index (Phi) is 9.06. The van der Waals surface area contributed by atoms with Crippen molar-refractivity contribution in [3.05, 3.63) is 53.0 Å². The van der Waals surface area contributed by atoms with Crippen LogP contribution in [0.5, 0.6) is 0 Å². The first kappa shape index (κ1) is 22.6. The molecule has 0 aromatic carbocycles. The Morgan fingerprint density at radius 2 is 1.97 bits per heavy atom. The van der Waals surface area contributed by atoms with Gasteiger partial charge in [-0.15, -0.1) is 0 Å². The van der Waals surface area contributed by atoms with E-state index >= 15 is 0 Å². The molecule has 9 heteroatoms. The monoisotopic (exact) mass is 409 g/mol. The van der Waals surface area contributed by atoms with E-state index in [0.717, 1.165) is 30.5 Å². The fourth-order valence-electron chi connectivity index (χ4n) is 2.73. The van der Waals surface area contributed by atoms with Crippen LogP contribution < -0.4 is 21.3 Å². The van der Waals surface area contributed by atoms with Gasteiger partial charge in [0.2, 0.25) is 0 Å². The van der Waals surface area contributed by atoms with E-state index in [1.807, 2.05) is 19.1 Å². The lowest BCUT2D eigenvalue weighted by atomic mass is 10.1. The fraction of sp³-hybridized carbons (Fsp3) is 0.381. The molecule has 30 heavy (non-hydrogen) atoms. The Bertz CT molecular complexity index is 891. The van der Waals surface area contributed by atoms with Gasteiger partial charge in [-0.3, -0.25) is 4.79 Å². The molecule has 2 aromatic heterocycles. The standard InChI is InChI=1S/C21H27N7O2/c1-3-24-19-18(20(29)23-2)10-9-16(28-19)6-4-5-11-25-21(30)27-14-15-7-8-17(12-22)26-13-15/h7-10,13H,3-6,11,14H2,1-2H3,(H,23,29)(H,24,28)(H2,25,27,30). The minimum Gasteiger partial charge on any atom is -0.370 e. The average molecular weight is 409 g/mol. The number of carbonyl (C=O) groups is 2. The van der Waals surface area contributed by atoms with Gasteiger partial charge >= 0.3 is 6.03 Å². The first-order chi connectivity index (χ1) is 14.6. The highest BCUT2D eigenvalue weighted by molar-refractivity contribution is 5.98. The van der Waals surface area contributed by atoms with Gasteiger partial charge in [0.1, 0.15) is 17.6 Å². The molecule has 0 saturated heterocycles. The van der Waals surface area contributed by atoms with E-state index in [-0.39, 0.29) is 11.9 Å². The number of hydrogen-bond acceptors (Lipinski definition) is 6. The van der Waals surface area contributed by atoms with Crippen LogP contribution in [0.15, 0.2) is 30.5 Å². The number of urea groups is 1. The molecule has 2 rings (SSSR count). The third-order valence-corrected chi connectivity index (χ3v) is 4.31. The van der Waals surface area contributed by atoms with Crippen LogP contribution in [0.4, 0.5) is 10.6 Å². The molecule has 4 N–H and O–H groups in total. The number of amides is 3. The number of nitrogens with one attached hydrogen (secondary N) is 4. The second-order valence-electron chi connectivity index (χ2n) is 6.54. The summed E-state index contributed by atoms with van der Waals surface area (Å²) in [6, 6.07) is 8.72. The number of hydrogen-bond donors (Lipinski definition) is 4. The number of rotatable bonds is 10. The molecular formula is C21H27N7O2. The van der Waals surface area contributed by atoms with E-state index in [2.05, 4.69) is 31.2 Å². The van der Waals surface area contributed by atoms with Crippen molar-refractivity contribution in [2.45, 2.75) is 32.7 Å². The zero-order chi connectivity index (χ0) is 21.8. The lowest BCUT2D eigenvalue weighted by Gasteiger charge is -2.11. The van der Waals surface area contributed by atoms with Crippen LogP contribution in [0.25, 0.3) is 0 Å². The molecule has 0 radical (unpaired) electrons. The SMILES string of the molecule is CCNc1nc(CCCCNC(=O)NCc2ccc(C#N)nc2)ccc1C(=O)NC. The van der Waals surface area contributed by atoms with E-state index in [1.54, 1.807) is 31.4 Å². The van der Waals surface area contributed by atoms with Crippen LogP contribution in [0, 0.1) is 11.3 Å². The van der Waals surface area contributed by atoms with Crippen molar-refractivity contribution in [3.8, 4) is 6.07 Å². The Morgan fingerprint density at radius 3 is 2.63 bits per heavy atom. The van der Waals surface area contributed by atoms with Crippen molar-refractivity contribution in [2.24, 2.45) is 0 Å². The quantitative estimate of drug-likeness (QED) is 0.444. The maximum Gasteiger partial charge on any atom is 0.315 e. The molecule has 0 bridgehead atoms. The molecule has 2 aromatic rings. The van der Waals surface area contributed by atoms with Gasteiger partial charge in [-0.05, 0) is 49.9 Å². The predicted octanol–water partition coefficient (Wildman–Crippen LogP) is 1.96. The van der Waals surface area contributed by atoms with Crippen LogP contribution in [-0.4, -0.2) is 42.0 Å². The van der Waals surface area contributed by atoms with Gasteiger partial charge in [0.15, 0.2) is 0 Å². The summed E-state index contributed by atoms with van der Waals surface area (Å²) in [5.41, 5.74) is 2.60. The Hall–Kier alpha value is -3.67. The summed E-state index contributed by atoms with van der Waals surface area (Å²) in [4.78, 5) is 32.3. The number of aryl methyl sites for hydroxylation is 1. The molecule has 0 unspecified atom stereocenters. The van der Waals surface area contributed by atoms with Gasteiger partial charge in [-0.1, -0.05) is 6.07 Å². The number of aromatic nitrogens is 2. The molecule has 0 fully saturated rings. The van der Waals surface area contributed by atoms with Gasteiger partial charge in [-0.25, -0.2) is 14.8 Å². The largest absolute Gasteiger partial charge is 0.370 e. The molecule has 0 spiro atoms.